The maximum Gasteiger partial charge on any atom is 0.431 e. The van der Waals surface area contributed by atoms with Crippen LogP contribution in [0.1, 0.15) is 30.1 Å². The molecule has 0 saturated carbocycles. The number of piperidine rings is 1. The topological polar surface area (TPSA) is 62.4 Å². The highest BCUT2D eigenvalue weighted by Gasteiger charge is 2.38. The van der Waals surface area contributed by atoms with E-state index in [0.29, 0.717) is 17.7 Å². The number of alkyl halides is 3. The third-order valence-corrected chi connectivity index (χ3v) is 6.41. The fourth-order valence-corrected chi connectivity index (χ4v) is 4.77. The van der Waals surface area contributed by atoms with Crippen LogP contribution in [0.25, 0.3) is 11.0 Å². The zero-order valence-electron chi connectivity index (χ0n) is 17.7. The monoisotopic (exact) mass is 446 g/mol. The maximum absolute atomic E-state index is 13.3. The fraction of sp³-hybridized carbons (Fsp3) is 0.435. The standard InChI is InChI=1S/C23H25F3N4O2/c1-31-14-5-4-10-30(12-14)18-13-32-19-7-3-2-6-15(19)21(18)28-17-8-9-27-22-16(17)11-20(29-22)23(24,25)26/h2-3,6-9,11,14,18,21H,4-5,10,12-13H2,1H3,(H2,27,28,29). The second-order valence-corrected chi connectivity index (χ2v) is 8.33. The molecule has 2 aliphatic rings. The Labute approximate surface area is 183 Å². The number of fused-ring (bicyclic) bond motifs is 2. The van der Waals surface area contributed by atoms with Gasteiger partial charge in [-0.05, 0) is 37.6 Å². The smallest absolute Gasteiger partial charge is 0.431 e. The summed E-state index contributed by atoms with van der Waals surface area (Å²) in [5, 5.41) is 3.95. The Morgan fingerprint density at radius 3 is 2.91 bits per heavy atom. The molecule has 0 radical (unpaired) electrons. The molecule has 9 heteroatoms. The molecule has 1 fully saturated rings. The van der Waals surface area contributed by atoms with Crippen molar-refractivity contribution in [3.05, 3.63) is 53.9 Å². The highest BCUT2D eigenvalue weighted by atomic mass is 19.4. The number of ether oxygens (including phenoxy) is 2. The molecule has 0 bridgehead atoms. The number of H-pyrrole nitrogens is 1. The van der Waals surface area contributed by atoms with Gasteiger partial charge >= 0.3 is 6.18 Å². The van der Waals surface area contributed by atoms with E-state index in [4.69, 9.17) is 9.47 Å². The molecule has 0 amide bonds. The summed E-state index contributed by atoms with van der Waals surface area (Å²) >= 11 is 0. The maximum atomic E-state index is 13.3. The number of hydrogen-bond donors (Lipinski definition) is 2. The molecular formula is C23H25F3N4O2. The van der Waals surface area contributed by atoms with Crippen LogP contribution in [0.4, 0.5) is 18.9 Å². The van der Waals surface area contributed by atoms with E-state index in [1.807, 2.05) is 24.3 Å². The molecule has 6 nitrogen and oxygen atoms in total. The first kappa shape index (κ1) is 21.1. The lowest BCUT2D eigenvalue weighted by atomic mass is 9.92. The minimum absolute atomic E-state index is 0.00657. The van der Waals surface area contributed by atoms with Crippen LogP contribution in [0.2, 0.25) is 0 Å². The zero-order chi connectivity index (χ0) is 22.3. The second-order valence-electron chi connectivity index (χ2n) is 8.33. The molecule has 1 saturated heterocycles. The molecule has 3 aromatic rings. The van der Waals surface area contributed by atoms with Crippen LogP contribution in [0.3, 0.4) is 0 Å². The average Bonchev–Trinajstić information content (AvgIpc) is 3.25. The van der Waals surface area contributed by atoms with Gasteiger partial charge in [0.2, 0.25) is 0 Å². The Morgan fingerprint density at radius 1 is 1.25 bits per heavy atom. The summed E-state index contributed by atoms with van der Waals surface area (Å²) < 4.78 is 51.5. The van der Waals surface area contributed by atoms with Gasteiger partial charge in [0, 0.05) is 36.5 Å². The van der Waals surface area contributed by atoms with Gasteiger partial charge in [0.25, 0.3) is 0 Å². The molecule has 2 aliphatic heterocycles. The van der Waals surface area contributed by atoms with Gasteiger partial charge in [-0.3, -0.25) is 4.90 Å². The SMILES string of the molecule is COC1CCCN(C2COc3ccccc3C2Nc2ccnc3[nH]c(C(F)(F)F)cc23)C1. The minimum atomic E-state index is -4.46. The molecule has 1 aromatic carbocycles. The largest absolute Gasteiger partial charge is 0.491 e. The summed E-state index contributed by atoms with van der Waals surface area (Å²) in [5.41, 5.74) is 0.988. The van der Waals surface area contributed by atoms with Crippen LogP contribution in [0.15, 0.2) is 42.6 Å². The number of anilines is 1. The number of pyridine rings is 1. The van der Waals surface area contributed by atoms with Crippen molar-refractivity contribution in [3.63, 3.8) is 0 Å². The quantitative estimate of drug-likeness (QED) is 0.613. The molecule has 2 N–H and O–H groups in total. The van der Waals surface area contributed by atoms with Crippen LogP contribution in [0.5, 0.6) is 5.75 Å². The van der Waals surface area contributed by atoms with E-state index in [9.17, 15) is 13.2 Å². The summed E-state index contributed by atoms with van der Waals surface area (Å²) in [7, 11) is 1.73. The normalized spacial score (nSPS) is 24.2. The van der Waals surface area contributed by atoms with E-state index >= 15 is 0 Å². The van der Waals surface area contributed by atoms with Crippen molar-refractivity contribution in [2.24, 2.45) is 0 Å². The first-order valence-corrected chi connectivity index (χ1v) is 10.7. The Morgan fingerprint density at radius 2 is 2.09 bits per heavy atom. The molecule has 32 heavy (non-hydrogen) atoms. The summed E-state index contributed by atoms with van der Waals surface area (Å²) in [5.74, 6) is 0.789. The highest BCUT2D eigenvalue weighted by Crippen LogP contribution is 2.39. The lowest BCUT2D eigenvalue weighted by Crippen LogP contribution is -2.53. The van der Waals surface area contributed by atoms with Crippen molar-refractivity contribution >= 4 is 16.7 Å². The Balaban J connectivity index is 1.52. The Hall–Kier alpha value is -2.78. The number of halogens is 3. The summed E-state index contributed by atoms with van der Waals surface area (Å²) in [6.07, 6.45) is -0.745. The highest BCUT2D eigenvalue weighted by molar-refractivity contribution is 5.90. The predicted molar refractivity (Wildman–Crippen MR) is 115 cm³/mol. The average molecular weight is 446 g/mol. The number of aromatic nitrogens is 2. The van der Waals surface area contributed by atoms with Gasteiger partial charge in [0.05, 0.1) is 18.2 Å². The van der Waals surface area contributed by atoms with Gasteiger partial charge in [0.1, 0.15) is 23.7 Å². The summed E-state index contributed by atoms with van der Waals surface area (Å²) in [6.45, 7) is 2.20. The third-order valence-electron chi connectivity index (χ3n) is 6.41. The van der Waals surface area contributed by atoms with Crippen molar-refractivity contribution in [2.75, 3.05) is 32.1 Å². The fourth-order valence-electron chi connectivity index (χ4n) is 4.77. The predicted octanol–water partition coefficient (Wildman–Crippen LogP) is 4.61. The third kappa shape index (κ3) is 3.91. The number of hydrogen-bond acceptors (Lipinski definition) is 5. The van der Waals surface area contributed by atoms with Crippen LogP contribution in [-0.2, 0) is 10.9 Å². The summed E-state index contributed by atoms with van der Waals surface area (Å²) in [4.78, 5) is 8.85. The van der Waals surface area contributed by atoms with Crippen LogP contribution >= 0.6 is 0 Å². The Kier molecular flexibility index (Phi) is 5.46. The van der Waals surface area contributed by atoms with Gasteiger partial charge in [0.15, 0.2) is 0 Å². The number of nitrogens with one attached hydrogen (secondary N) is 2. The van der Waals surface area contributed by atoms with Crippen molar-refractivity contribution in [3.8, 4) is 5.75 Å². The van der Waals surface area contributed by atoms with E-state index in [0.717, 1.165) is 43.3 Å². The second kappa shape index (κ2) is 8.29. The molecule has 3 unspecified atom stereocenters. The number of likely N-dealkylation sites (tertiary alicyclic amines) is 1. The van der Waals surface area contributed by atoms with Gasteiger partial charge in [-0.2, -0.15) is 13.2 Å². The molecular weight excluding hydrogens is 421 g/mol. The number of aromatic amines is 1. The minimum Gasteiger partial charge on any atom is -0.491 e. The molecule has 3 atom stereocenters. The molecule has 0 aliphatic carbocycles. The van der Waals surface area contributed by atoms with E-state index in [1.54, 1.807) is 13.2 Å². The molecule has 4 heterocycles. The van der Waals surface area contributed by atoms with E-state index in [2.05, 4.69) is 20.2 Å². The van der Waals surface area contributed by atoms with Gasteiger partial charge in [-0.1, -0.05) is 18.2 Å². The van der Waals surface area contributed by atoms with Crippen LogP contribution in [0, 0.1) is 0 Å². The van der Waals surface area contributed by atoms with Crippen molar-refractivity contribution in [1.29, 1.82) is 0 Å². The van der Waals surface area contributed by atoms with E-state index in [1.165, 1.54) is 6.20 Å². The molecule has 5 rings (SSSR count). The number of nitrogens with zero attached hydrogens (tertiary/aromatic N) is 2. The number of benzene rings is 1. The van der Waals surface area contributed by atoms with Crippen LogP contribution in [-0.4, -0.2) is 53.8 Å². The van der Waals surface area contributed by atoms with Gasteiger partial charge < -0.3 is 19.8 Å². The first-order chi connectivity index (χ1) is 15.4. The van der Waals surface area contributed by atoms with E-state index in [-0.39, 0.29) is 23.8 Å². The van der Waals surface area contributed by atoms with Crippen molar-refractivity contribution < 1.29 is 22.6 Å². The lowest BCUT2D eigenvalue weighted by molar-refractivity contribution is -0.140. The molecule has 2 aromatic heterocycles. The van der Waals surface area contributed by atoms with Crippen molar-refractivity contribution in [2.45, 2.75) is 37.2 Å². The molecule has 0 spiro atoms. The lowest BCUT2D eigenvalue weighted by Gasteiger charge is -2.44. The van der Waals surface area contributed by atoms with E-state index < -0.39 is 11.9 Å². The first-order valence-electron chi connectivity index (χ1n) is 10.7. The summed E-state index contributed by atoms with van der Waals surface area (Å²) in [6, 6.07) is 10.5. The van der Waals surface area contributed by atoms with Crippen molar-refractivity contribution in [1.82, 2.24) is 14.9 Å². The number of methoxy groups -OCH3 is 1. The molecule has 170 valence electrons. The Bertz CT molecular complexity index is 1100. The number of rotatable bonds is 4. The van der Waals surface area contributed by atoms with Crippen LogP contribution < -0.4 is 10.1 Å². The van der Waals surface area contributed by atoms with Gasteiger partial charge in [-0.15, -0.1) is 0 Å². The van der Waals surface area contributed by atoms with Gasteiger partial charge in [-0.25, -0.2) is 4.98 Å². The zero-order valence-corrected chi connectivity index (χ0v) is 17.7. The number of para-hydroxylation sites is 1.